The number of esters is 2. The molecular formula is C11H10O4. The van der Waals surface area contributed by atoms with Gasteiger partial charge in [-0.25, -0.2) is 9.59 Å². The summed E-state index contributed by atoms with van der Waals surface area (Å²) < 4.78 is 9.68. The van der Waals surface area contributed by atoms with Gasteiger partial charge in [0.15, 0.2) is 0 Å². The summed E-state index contributed by atoms with van der Waals surface area (Å²) in [4.78, 5) is 22.6. The van der Waals surface area contributed by atoms with Crippen LogP contribution in [0, 0.1) is 0 Å². The summed E-state index contributed by atoms with van der Waals surface area (Å²) in [6, 6.07) is 8.57. The van der Waals surface area contributed by atoms with Gasteiger partial charge in [0.1, 0.15) is 0 Å². The standard InChI is InChI=1S/C11H10O4/c12-10(8-4-2-1-3-5-8)15-9-6-7-14-11(9)13/h1-5,9H,6-7H2/t9-/m1/s1. The third kappa shape index (κ3) is 2.15. The second-order valence-corrected chi connectivity index (χ2v) is 3.22. The molecule has 1 aliphatic rings. The maximum atomic E-state index is 11.5. The Labute approximate surface area is 86.8 Å². The van der Waals surface area contributed by atoms with Gasteiger partial charge in [0.2, 0.25) is 6.10 Å². The Kier molecular flexibility index (Phi) is 2.67. The smallest absolute Gasteiger partial charge is 0.347 e. The maximum absolute atomic E-state index is 11.5. The highest BCUT2D eigenvalue weighted by molar-refractivity contribution is 5.91. The van der Waals surface area contributed by atoms with Crippen molar-refractivity contribution >= 4 is 11.9 Å². The molecule has 1 atom stereocenters. The zero-order valence-corrected chi connectivity index (χ0v) is 8.01. The zero-order chi connectivity index (χ0) is 10.7. The lowest BCUT2D eigenvalue weighted by atomic mass is 10.2. The predicted molar refractivity (Wildman–Crippen MR) is 51.2 cm³/mol. The second kappa shape index (κ2) is 4.13. The van der Waals surface area contributed by atoms with Gasteiger partial charge in [-0.15, -0.1) is 0 Å². The van der Waals surface area contributed by atoms with Gasteiger partial charge in [-0.05, 0) is 12.1 Å². The van der Waals surface area contributed by atoms with Crippen molar-refractivity contribution in [2.45, 2.75) is 12.5 Å². The molecule has 1 saturated heterocycles. The number of cyclic esters (lactones) is 1. The highest BCUT2D eigenvalue weighted by Gasteiger charge is 2.30. The van der Waals surface area contributed by atoms with Crippen molar-refractivity contribution in [1.29, 1.82) is 0 Å². The number of hydrogen-bond acceptors (Lipinski definition) is 4. The van der Waals surface area contributed by atoms with Crippen LogP contribution < -0.4 is 0 Å². The molecule has 0 aliphatic carbocycles. The first-order chi connectivity index (χ1) is 7.27. The maximum Gasteiger partial charge on any atom is 0.347 e. The van der Waals surface area contributed by atoms with Crippen molar-refractivity contribution in [3.05, 3.63) is 35.9 Å². The van der Waals surface area contributed by atoms with Crippen LogP contribution in [-0.4, -0.2) is 24.6 Å². The lowest BCUT2D eigenvalue weighted by molar-refractivity contribution is -0.145. The molecule has 1 aliphatic heterocycles. The van der Waals surface area contributed by atoms with Gasteiger partial charge in [-0.1, -0.05) is 18.2 Å². The van der Waals surface area contributed by atoms with E-state index >= 15 is 0 Å². The molecule has 0 aromatic heterocycles. The van der Waals surface area contributed by atoms with Crippen molar-refractivity contribution in [3.8, 4) is 0 Å². The largest absolute Gasteiger partial charge is 0.463 e. The van der Waals surface area contributed by atoms with E-state index in [1.165, 1.54) is 0 Å². The fraction of sp³-hybridized carbons (Fsp3) is 0.273. The van der Waals surface area contributed by atoms with E-state index in [2.05, 4.69) is 4.74 Å². The van der Waals surface area contributed by atoms with E-state index in [0.29, 0.717) is 18.6 Å². The Morgan fingerprint density at radius 2 is 2.07 bits per heavy atom. The lowest BCUT2D eigenvalue weighted by Crippen LogP contribution is -2.22. The Bertz CT molecular complexity index is 371. The molecule has 0 saturated carbocycles. The summed E-state index contributed by atoms with van der Waals surface area (Å²) in [5, 5.41) is 0. The van der Waals surface area contributed by atoms with Crippen LogP contribution in [0.2, 0.25) is 0 Å². The molecule has 15 heavy (non-hydrogen) atoms. The highest BCUT2D eigenvalue weighted by atomic mass is 16.6. The van der Waals surface area contributed by atoms with E-state index in [4.69, 9.17) is 4.74 Å². The fourth-order valence-electron chi connectivity index (χ4n) is 1.36. The average Bonchev–Trinajstić information content (AvgIpc) is 2.66. The number of carbonyl (C=O) groups is 2. The molecule has 0 bridgehead atoms. The highest BCUT2D eigenvalue weighted by Crippen LogP contribution is 2.12. The summed E-state index contributed by atoms with van der Waals surface area (Å²) in [6.07, 6.45) is -0.296. The van der Waals surface area contributed by atoms with Crippen LogP contribution in [-0.2, 0) is 14.3 Å². The van der Waals surface area contributed by atoms with Gasteiger partial charge < -0.3 is 9.47 Å². The van der Waals surface area contributed by atoms with Crippen molar-refractivity contribution < 1.29 is 19.1 Å². The third-order valence-electron chi connectivity index (χ3n) is 2.15. The monoisotopic (exact) mass is 206 g/mol. The van der Waals surface area contributed by atoms with Gasteiger partial charge in [0.05, 0.1) is 12.2 Å². The Morgan fingerprint density at radius 1 is 1.33 bits per heavy atom. The number of ether oxygens (including phenoxy) is 2. The molecule has 78 valence electrons. The summed E-state index contributed by atoms with van der Waals surface area (Å²) in [7, 11) is 0. The molecule has 2 rings (SSSR count). The number of benzene rings is 1. The number of rotatable bonds is 2. The van der Waals surface area contributed by atoms with Crippen LogP contribution in [0.4, 0.5) is 0 Å². The second-order valence-electron chi connectivity index (χ2n) is 3.22. The molecule has 0 radical (unpaired) electrons. The average molecular weight is 206 g/mol. The van der Waals surface area contributed by atoms with Crippen molar-refractivity contribution in [2.75, 3.05) is 6.61 Å². The molecule has 0 N–H and O–H groups in total. The van der Waals surface area contributed by atoms with Crippen molar-refractivity contribution in [2.24, 2.45) is 0 Å². The Balaban J connectivity index is 2.01. The molecule has 0 amide bonds. The molecule has 4 nitrogen and oxygen atoms in total. The number of carbonyl (C=O) groups excluding carboxylic acids is 2. The van der Waals surface area contributed by atoms with Gasteiger partial charge in [0, 0.05) is 6.42 Å². The topological polar surface area (TPSA) is 52.6 Å². The molecule has 4 heteroatoms. The van der Waals surface area contributed by atoms with Gasteiger partial charge in [0.25, 0.3) is 0 Å². The summed E-state index contributed by atoms with van der Waals surface area (Å²) in [5.74, 6) is -0.946. The van der Waals surface area contributed by atoms with Crippen molar-refractivity contribution in [1.82, 2.24) is 0 Å². The minimum atomic E-state index is -0.738. The lowest BCUT2D eigenvalue weighted by Gasteiger charge is -2.07. The molecule has 0 spiro atoms. The van der Waals surface area contributed by atoms with Crippen LogP contribution >= 0.6 is 0 Å². The molecule has 1 heterocycles. The SMILES string of the molecule is O=C(O[C@@H]1CCOC1=O)c1ccccc1. The van der Waals surface area contributed by atoms with Crippen molar-refractivity contribution in [3.63, 3.8) is 0 Å². The molecule has 1 aromatic rings. The third-order valence-corrected chi connectivity index (χ3v) is 2.15. The Morgan fingerprint density at radius 3 is 2.67 bits per heavy atom. The molecule has 0 unspecified atom stereocenters. The minimum Gasteiger partial charge on any atom is -0.463 e. The number of hydrogen-bond donors (Lipinski definition) is 0. The van der Waals surface area contributed by atoms with Crippen LogP contribution in [0.25, 0.3) is 0 Å². The van der Waals surface area contributed by atoms with Gasteiger partial charge in [-0.3, -0.25) is 0 Å². The first kappa shape index (κ1) is 9.71. The van der Waals surface area contributed by atoms with Crippen LogP contribution in [0.1, 0.15) is 16.8 Å². The van der Waals surface area contributed by atoms with Crippen LogP contribution in [0.3, 0.4) is 0 Å². The molecule has 1 fully saturated rings. The van der Waals surface area contributed by atoms with E-state index in [0.717, 1.165) is 0 Å². The van der Waals surface area contributed by atoms with E-state index in [9.17, 15) is 9.59 Å². The summed E-state index contributed by atoms with van der Waals surface area (Å²) in [6.45, 7) is 0.325. The molecular weight excluding hydrogens is 196 g/mol. The zero-order valence-electron chi connectivity index (χ0n) is 8.01. The minimum absolute atomic E-state index is 0.325. The van der Waals surface area contributed by atoms with E-state index < -0.39 is 18.0 Å². The predicted octanol–water partition coefficient (Wildman–Crippen LogP) is 1.16. The van der Waals surface area contributed by atoms with Crippen LogP contribution in [0.5, 0.6) is 0 Å². The van der Waals surface area contributed by atoms with Crippen LogP contribution in [0.15, 0.2) is 30.3 Å². The summed E-state index contributed by atoms with van der Waals surface area (Å²) >= 11 is 0. The Hall–Kier alpha value is -1.84. The van der Waals surface area contributed by atoms with E-state index in [1.807, 2.05) is 0 Å². The first-order valence-electron chi connectivity index (χ1n) is 4.70. The first-order valence-corrected chi connectivity index (χ1v) is 4.70. The summed E-state index contributed by atoms with van der Waals surface area (Å²) in [5.41, 5.74) is 0.442. The van der Waals surface area contributed by atoms with Gasteiger partial charge in [-0.2, -0.15) is 0 Å². The molecule has 1 aromatic carbocycles. The fourth-order valence-corrected chi connectivity index (χ4v) is 1.36. The van der Waals surface area contributed by atoms with E-state index in [-0.39, 0.29) is 0 Å². The normalized spacial score (nSPS) is 19.7. The van der Waals surface area contributed by atoms with E-state index in [1.54, 1.807) is 30.3 Å². The quantitative estimate of drug-likeness (QED) is 0.681. The van der Waals surface area contributed by atoms with Gasteiger partial charge >= 0.3 is 11.9 Å².